The van der Waals surface area contributed by atoms with Crippen molar-refractivity contribution in [2.75, 3.05) is 45.8 Å². The summed E-state index contributed by atoms with van der Waals surface area (Å²) < 4.78 is 0. The number of thiophene rings is 1. The Kier molecular flexibility index (Phi) is 7.78. The minimum atomic E-state index is 0.0290. The topological polar surface area (TPSA) is 60.9 Å². The van der Waals surface area contributed by atoms with Crippen molar-refractivity contribution in [3.8, 4) is 0 Å². The number of aryl methyl sites for hydroxylation is 1. The van der Waals surface area contributed by atoms with E-state index in [1.54, 1.807) is 0 Å². The molecule has 0 saturated carbocycles. The van der Waals surface area contributed by atoms with Gasteiger partial charge in [-0.05, 0) is 32.9 Å². The average molecular weight is 380 g/mol. The summed E-state index contributed by atoms with van der Waals surface area (Å²) in [6.07, 6.45) is 0.521. The first-order valence-electron chi connectivity index (χ1n) is 9.32. The van der Waals surface area contributed by atoms with Gasteiger partial charge in [0.15, 0.2) is 5.78 Å². The SMILES string of the molecule is CCN(CC)C(=O)CN1CCN(C(=O)CCC(=O)c2ccc(C)s2)CC1. The lowest BCUT2D eigenvalue weighted by atomic mass is 10.1. The predicted molar refractivity (Wildman–Crippen MR) is 104 cm³/mol. The number of rotatable bonds is 8. The average Bonchev–Trinajstić information content (AvgIpc) is 3.07. The van der Waals surface area contributed by atoms with E-state index in [4.69, 9.17) is 0 Å². The summed E-state index contributed by atoms with van der Waals surface area (Å²) in [5.41, 5.74) is 0. The van der Waals surface area contributed by atoms with Crippen LogP contribution in [0.25, 0.3) is 0 Å². The molecule has 0 unspecified atom stereocenters. The Bertz CT molecular complexity index is 632. The summed E-state index contributed by atoms with van der Waals surface area (Å²) in [5.74, 6) is 0.216. The van der Waals surface area contributed by atoms with E-state index in [1.165, 1.54) is 11.3 Å². The first-order chi connectivity index (χ1) is 12.4. The molecule has 6 nitrogen and oxygen atoms in total. The highest BCUT2D eigenvalue weighted by Gasteiger charge is 2.24. The molecule has 144 valence electrons. The minimum absolute atomic E-state index is 0.0290. The zero-order chi connectivity index (χ0) is 19.1. The Morgan fingerprint density at radius 1 is 1.04 bits per heavy atom. The number of nitrogens with zero attached hydrogens (tertiary/aromatic N) is 3. The second-order valence-corrected chi connectivity index (χ2v) is 7.84. The smallest absolute Gasteiger partial charge is 0.236 e. The van der Waals surface area contributed by atoms with Crippen LogP contribution in [0.4, 0.5) is 0 Å². The highest BCUT2D eigenvalue weighted by molar-refractivity contribution is 7.14. The van der Waals surface area contributed by atoms with Crippen LogP contribution in [0.5, 0.6) is 0 Å². The number of likely N-dealkylation sites (N-methyl/N-ethyl adjacent to an activating group) is 1. The molecule has 2 amide bonds. The summed E-state index contributed by atoms with van der Waals surface area (Å²) in [7, 11) is 0. The number of piperazine rings is 1. The second kappa shape index (κ2) is 9.83. The van der Waals surface area contributed by atoms with E-state index >= 15 is 0 Å². The number of amides is 2. The molecule has 1 fully saturated rings. The van der Waals surface area contributed by atoms with Gasteiger partial charge in [0.2, 0.25) is 11.8 Å². The van der Waals surface area contributed by atoms with Crippen molar-refractivity contribution in [2.24, 2.45) is 0 Å². The highest BCUT2D eigenvalue weighted by atomic mass is 32.1. The lowest BCUT2D eigenvalue weighted by Gasteiger charge is -2.35. The van der Waals surface area contributed by atoms with Crippen LogP contribution in [0.3, 0.4) is 0 Å². The van der Waals surface area contributed by atoms with Crippen molar-refractivity contribution in [3.63, 3.8) is 0 Å². The summed E-state index contributed by atoms with van der Waals surface area (Å²) in [5, 5.41) is 0. The molecular weight excluding hydrogens is 350 g/mol. The van der Waals surface area contributed by atoms with E-state index in [0.29, 0.717) is 32.7 Å². The Hall–Kier alpha value is -1.73. The maximum atomic E-state index is 12.4. The third-order valence-corrected chi connectivity index (χ3v) is 5.82. The molecule has 1 aliphatic rings. The van der Waals surface area contributed by atoms with E-state index in [1.807, 2.05) is 42.7 Å². The summed E-state index contributed by atoms with van der Waals surface area (Å²) in [6.45, 7) is 10.5. The van der Waals surface area contributed by atoms with Crippen LogP contribution in [0.2, 0.25) is 0 Å². The van der Waals surface area contributed by atoms with Gasteiger partial charge in [-0.1, -0.05) is 0 Å². The van der Waals surface area contributed by atoms with Crippen LogP contribution in [-0.2, 0) is 9.59 Å². The number of carbonyl (C=O) groups is 3. The van der Waals surface area contributed by atoms with Gasteiger partial charge < -0.3 is 9.80 Å². The molecular formula is C19H29N3O3S. The minimum Gasteiger partial charge on any atom is -0.342 e. The maximum Gasteiger partial charge on any atom is 0.236 e. The van der Waals surface area contributed by atoms with Crippen molar-refractivity contribution in [1.82, 2.24) is 14.7 Å². The van der Waals surface area contributed by atoms with Crippen LogP contribution in [-0.4, -0.2) is 78.1 Å². The number of hydrogen-bond donors (Lipinski definition) is 0. The zero-order valence-corrected chi connectivity index (χ0v) is 16.8. The van der Waals surface area contributed by atoms with Crippen LogP contribution < -0.4 is 0 Å². The molecule has 0 spiro atoms. The molecule has 2 rings (SSSR count). The monoisotopic (exact) mass is 379 g/mol. The number of hydrogen-bond acceptors (Lipinski definition) is 5. The predicted octanol–water partition coefficient (Wildman–Crippen LogP) is 2.03. The van der Waals surface area contributed by atoms with Gasteiger partial charge in [-0.2, -0.15) is 0 Å². The summed E-state index contributed by atoms with van der Waals surface area (Å²) >= 11 is 1.48. The van der Waals surface area contributed by atoms with Gasteiger partial charge in [-0.3, -0.25) is 19.3 Å². The first-order valence-corrected chi connectivity index (χ1v) is 10.1. The quantitative estimate of drug-likeness (QED) is 0.649. The van der Waals surface area contributed by atoms with Gasteiger partial charge in [0.05, 0.1) is 11.4 Å². The fourth-order valence-electron chi connectivity index (χ4n) is 3.11. The molecule has 1 aliphatic heterocycles. The third-order valence-electron chi connectivity index (χ3n) is 4.78. The van der Waals surface area contributed by atoms with Crippen LogP contribution in [0.1, 0.15) is 41.2 Å². The zero-order valence-electron chi connectivity index (χ0n) is 16.0. The Balaban J connectivity index is 1.72. The molecule has 0 N–H and O–H groups in total. The van der Waals surface area contributed by atoms with Crippen molar-refractivity contribution < 1.29 is 14.4 Å². The van der Waals surface area contributed by atoms with E-state index in [2.05, 4.69) is 4.90 Å². The summed E-state index contributed by atoms with van der Waals surface area (Å²) in [4.78, 5) is 44.2. The normalized spacial score (nSPS) is 15.1. The molecule has 0 aliphatic carbocycles. The number of ketones is 1. The van der Waals surface area contributed by atoms with Gasteiger partial charge in [0.25, 0.3) is 0 Å². The van der Waals surface area contributed by atoms with Crippen molar-refractivity contribution in [3.05, 3.63) is 21.9 Å². The molecule has 0 atom stereocenters. The molecule has 7 heteroatoms. The second-order valence-electron chi connectivity index (χ2n) is 6.56. The van der Waals surface area contributed by atoms with Gasteiger partial charge >= 0.3 is 0 Å². The van der Waals surface area contributed by atoms with Crippen LogP contribution in [0.15, 0.2) is 12.1 Å². The molecule has 2 heterocycles. The van der Waals surface area contributed by atoms with Crippen molar-refractivity contribution in [1.29, 1.82) is 0 Å². The van der Waals surface area contributed by atoms with Gasteiger partial charge in [-0.25, -0.2) is 0 Å². The number of Topliss-reactive ketones (excluding diaryl/α,β-unsaturated/α-hetero) is 1. The molecule has 26 heavy (non-hydrogen) atoms. The molecule has 0 aromatic carbocycles. The molecule has 0 radical (unpaired) electrons. The number of carbonyl (C=O) groups excluding carboxylic acids is 3. The lowest BCUT2D eigenvalue weighted by molar-refractivity contribution is -0.135. The first kappa shape index (κ1) is 20.6. The van der Waals surface area contributed by atoms with Crippen LogP contribution in [0, 0.1) is 6.92 Å². The molecule has 1 aromatic heterocycles. The summed E-state index contributed by atoms with van der Waals surface area (Å²) in [6, 6.07) is 3.76. The Morgan fingerprint density at radius 3 is 2.23 bits per heavy atom. The van der Waals surface area contributed by atoms with E-state index in [0.717, 1.165) is 22.8 Å². The van der Waals surface area contributed by atoms with Gasteiger partial charge in [-0.15, -0.1) is 11.3 Å². The van der Waals surface area contributed by atoms with Gasteiger partial charge in [0.1, 0.15) is 0 Å². The Labute approximate surface area is 159 Å². The third kappa shape index (κ3) is 5.64. The Morgan fingerprint density at radius 2 is 1.69 bits per heavy atom. The molecule has 0 bridgehead atoms. The van der Waals surface area contributed by atoms with E-state index in [-0.39, 0.29) is 30.4 Å². The van der Waals surface area contributed by atoms with Gasteiger partial charge in [0, 0.05) is 57.0 Å². The fourth-order valence-corrected chi connectivity index (χ4v) is 3.94. The van der Waals surface area contributed by atoms with E-state index in [9.17, 15) is 14.4 Å². The molecule has 1 saturated heterocycles. The highest BCUT2D eigenvalue weighted by Crippen LogP contribution is 2.18. The molecule has 1 aromatic rings. The van der Waals surface area contributed by atoms with E-state index < -0.39 is 0 Å². The lowest BCUT2D eigenvalue weighted by Crippen LogP contribution is -2.51. The van der Waals surface area contributed by atoms with Crippen molar-refractivity contribution >= 4 is 28.9 Å². The standard InChI is InChI=1S/C19H29N3O3S/c1-4-21(5-2)19(25)14-20-10-12-22(13-11-20)18(24)9-7-16(23)17-8-6-15(3)26-17/h6,8H,4-5,7,9-14H2,1-3H3. The van der Waals surface area contributed by atoms with Crippen LogP contribution >= 0.6 is 11.3 Å². The maximum absolute atomic E-state index is 12.4. The van der Waals surface area contributed by atoms with Crippen molar-refractivity contribution in [2.45, 2.75) is 33.6 Å². The fraction of sp³-hybridized carbons (Fsp3) is 0.632. The largest absolute Gasteiger partial charge is 0.342 e.